The number of hydrogen-bond acceptors (Lipinski definition) is 3. The summed E-state index contributed by atoms with van der Waals surface area (Å²) in [5, 5.41) is 6.36. The number of aromatic nitrogens is 2. The van der Waals surface area contributed by atoms with E-state index in [9.17, 15) is 4.79 Å². The Kier molecular flexibility index (Phi) is 3.21. The van der Waals surface area contributed by atoms with Crippen LogP contribution in [0.25, 0.3) is 0 Å². The van der Waals surface area contributed by atoms with E-state index < -0.39 is 0 Å². The molecular formula is C14H22N4O. The lowest BCUT2D eigenvalue weighted by atomic mass is 9.98. The van der Waals surface area contributed by atoms with Crippen molar-refractivity contribution in [2.75, 3.05) is 11.9 Å². The number of aryl methyl sites for hydroxylation is 1. The molecule has 104 valence electrons. The summed E-state index contributed by atoms with van der Waals surface area (Å²) in [5.74, 6) is 2.04. The van der Waals surface area contributed by atoms with Crippen LogP contribution in [-0.2, 0) is 6.54 Å². The van der Waals surface area contributed by atoms with Crippen LogP contribution in [0.3, 0.4) is 0 Å². The zero-order chi connectivity index (χ0) is 13.4. The first-order valence-corrected chi connectivity index (χ1v) is 7.27. The van der Waals surface area contributed by atoms with Crippen LogP contribution in [0.2, 0.25) is 0 Å². The fourth-order valence-electron chi connectivity index (χ4n) is 3.10. The van der Waals surface area contributed by atoms with Gasteiger partial charge in [-0.25, -0.2) is 4.98 Å². The average molecular weight is 262 g/mol. The molecule has 5 nitrogen and oxygen atoms in total. The van der Waals surface area contributed by atoms with Gasteiger partial charge in [-0.3, -0.25) is 4.79 Å². The minimum atomic E-state index is -0.0327. The lowest BCUT2D eigenvalue weighted by molar-refractivity contribution is 0.0922. The fraction of sp³-hybridized carbons (Fsp3) is 0.714. The maximum absolute atomic E-state index is 12.3. The lowest BCUT2D eigenvalue weighted by Gasteiger charge is -2.18. The Morgan fingerprint density at radius 1 is 1.47 bits per heavy atom. The molecule has 1 aliphatic heterocycles. The summed E-state index contributed by atoms with van der Waals surface area (Å²) in [7, 11) is 0. The molecule has 0 bridgehead atoms. The summed E-state index contributed by atoms with van der Waals surface area (Å²) in [6.45, 7) is 6.37. The Morgan fingerprint density at radius 3 is 3.00 bits per heavy atom. The van der Waals surface area contributed by atoms with E-state index >= 15 is 0 Å². The summed E-state index contributed by atoms with van der Waals surface area (Å²) in [4.78, 5) is 16.6. The molecule has 1 aromatic heterocycles. The van der Waals surface area contributed by atoms with E-state index in [1.54, 1.807) is 0 Å². The molecule has 0 saturated heterocycles. The van der Waals surface area contributed by atoms with Gasteiger partial charge in [0.25, 0.3) is 5.91 Å². The molecular weight excluding hydrogens is 240 g/mol. The van der Waals surface area contributed by atoms with Gasteiger partial charge in [0.1, 0.15) is 5.69 Å². The number of nitrogens with zero attached hydrogens (tertiary/aromatic N) is 2. The summed E-state index contributed by atoms with van der Waals surface area (Å²) in [6.07, 6.45) is 5.23. The zero-order valence-electron chi connectivity index (χ0n) is 11.6. The normalized spacial score (nSPS) is 29.7. The third kappa shape index (κ3) is 2.33. The van der Waals surface area contributed by atoms with Crippen LogP contribution >= 0.6 is 0 Å². The van der Waals surface area contributed by atoms with Crippen molar-refractivity contribution in [2.24, 2.45) is 11.8 Å². The first-order valence-electron chi connectivity index (χ1n) is 7.27. The SMILES string of the molecule is CC1CCC(NC(=O)c2cn3c(n2)NCCC3)C1C. The molecule has 1 saturated carbocycles. The third-order valence-corrected chi connectivity index (χ3v) is 4.65. The first kappa shape index (κ1) is 12.5. The van der Waals surface area contributed by atoms with Gasteiger partial charge in [-0.1, -0.05) is 13.8 Å². The molecule has 1 aromatic rings. The topological polar surface area (TPSA) is 59.0 Å². The molecule has 3 unspecified atom stereocenters. The number of carbonyl (C=O) groups excluding carboxylic acids is 1. The molecule has 2 aliphatic rings. The highest BCUT2D eigenvalue weighted by Gasteiger charge is 2.31. The largest absolute Gasteiger partial charge is 0.356 e. The third-order valence-electron chi connectivity index (χ3n) is 4.65. The predicted molar refractivity (Wildman–Crippen MR) is 74.1 cm³/mol. The summed E-state index contributed by atoms with van der Waals surface area (Å²) >= 11 is 0. The van der Waals surface area contributed by atoms with Crippen molar-refractivity contribution >= 4 is 11.9 Å². The van der Waals surface area contributed by atoms with E-state index in [-0.39, 0.29) is 5.91 Å². The molecule has 1 amide bonds. The number of anilines is 1. The van der Waals surface area contributed by atoms with E-state index in [1.165, 1.54) is 6.42 Å². The highest BCUT2D eigenvalue weighted by molar-refractivity contribution is 5.92. The number of fused-ring (bicyclic) bond motifs is 1. The van der Waals surface area contributed by atoms with Crippen molar-refractivity contribution < 1.29 is 4.79 Å². The van der Waals surface area contributed by atoms with Gasteiger partial charge >= 0.3 is 0 Å². The second kappa shape index (κ2) is 4.87. The maximum Gasteiger partial charge on any atom is 0.271 e. The van der Waals surface area contributed by atoms with Gasteiger partial charge < -0.3 is 15.2 Å². The number of nitrogens with one attached hydrogen (secondary N) is 2. The Bertz CT molecular complexity index is 458. The van der Waals surface area contributed by atoms with E-state index in [2.05, 4.69) is 29.5 Å². The van der Waals surface area contributed by atoms with Gasteiger partial charge in [0.2, 0.25) is 5.95 Å². The van der Waals surface area contributed by atoms with E-state index in [4.69, 9.17) is 0 Å². The van der Waals surface area contributed by atoms with Crippen molar-refractivity contribution in [1.82, 2.24) is 14.9 Å². The number of hydrogen-bond donors (Lipinski definition) is 2. The average Bonchev–Trinajstić information content (AvgIpc) is 2.97. The Balaban J connectivity index is 1.69. The van der Waals surface area contributed by atoms with Crippen molar-refractivity contribution in [2.45, 2.75) is 45.7 Å². The summed E-state index contributed by atoms with van der Waals surface area (Å²) in [6, 6.07) is 0.300. The Morgan fingerprint density at radius 2 is 2.32 bits per heavy atom. The number of amides is 1. The maximum atomic E-state index is 12.3. The highest BCUT2D eigenvalue weighted by Crippen LogP contribution is 2.31. The van der Waals surface area contributed by atoms with E-state index in [0.29, 0.717) is 23.6 Å². The second-order valence-corrected chi connectivity index (χ2v) is 5.92. The monoisotopic (exact) mass is 262 g/mol. The zero-order valence-corrected chi connectivity index (χ0v) is 11.6. The van der Waals surface area contributed by atoms with Crippen LogP contribution < -0.4 is 10.6 Å². The molecule has 2 heterocycles. The number of rotatable bonds is 2. The first-order chi connectivity index (χ1) is 9.15. The van der Waals surface area contributed by atoms with Crippen LogP contribution in [0, 0.1) is 11.8 Å². The van der Waals surface area contributed by atoms with Gasteiger partial charge in [0.05, 0.1) is 0 Å². The molecule has 2 N–H and O–H groups in total. The quantitative estimate of drug-likeness (QED) is 0.855. The second-order valence-electron chi connectivity index (χ2n) is 5.92. The van der Waals surface area contributed by atoms with Gasteiger partial charge in [-0.15, -0.1) is 0 Å². The minimum absolute atomic E-state index is 0.0327. The lowest BCUT2D eigenvalue weighted by Crippen LogP contribution is -2.37. The van der Waals surface area contributed by atoms with Gasteiger partial charge in [-0.05, 0) is 31.1 Å². The van der Waals surface area contributed by atoms with Crippen molar-refractivity contribution in [1.29, 1.82) is 0 Å². The van der Waals surface area contributed by atoms with Crippen molar-refractivity contribution in [3.05, 3.63) is 11.9 Å². The smallest absolute Gasteiger partial charge is 0.271 e. The van der Waals surface area contributed by atoms with Crippen LogP contribution in [0.5, 0.6) is 0 Å². The predicted octanol–water partition coefficient (Wildman–Crippen LogP) is 1.86. The molecule has 19 heavy (non-hydrogen) atoms. The fourth-order valence-corrected chi connectivity index (χ4v) is 3.10. The van der Waals surface area contributed by atoms with Crippen molar-refractivity contribution in [3.8, 4) is 0 Å². The molecule has 1 fully saturated rings. The van der Waals surface area contributed by atoms with E-state index in [0.717, 1.165) is 31.9 Å². The molecule has 0 aromatic carbocycles. The van der Waals surface area contributed by atoms with Crippen LogP contribution in [0.1, 0.15) is 43.6 Å². The molecule has 3 atom stereocenters. The number of imidazole rings is 1. The Hall–Kier alpha value is -1.52. The molecule has 0 radical (unpaired) electrons. The summed E-state index contributed by atoms with van der Waals surface area (Å²) in [5.41, 5.74) is 0.538. The number of carbonyl (C=O) groups is 1. The minimum Gasteiger partial charge on any atom is -0.356 e. The van der Waals surface area contributed by atoms with Crippen molar-refractivity contribution in [3.63, 3.8) is 0 Å². The van der Waals surface area contributed by atoms with Crippen LogP contribution in [-0.4, -0.2) is 28.0 Å². The molecule has 1 aliphatic carbocycles. The van der Waals surface area contributed by atoms with Crippen LogP contribution in [0.4, 0.5) is 5.95 Å². The standard InChI is InChI=1S/C14H22N4O/c1-9-4-5-11(10(9)2)16-13(19)12-8-18-7-3-6-15-14(18)17-12/h8-11H,3-7H2,1-2H3,(H,15,17)(H,16,19). The van der Waals surface area contributed by atoms with E-state index in [1.807, 2.05) is 10.8 Å². The van der Waals surface area contributed by atoms with Gasteiger partial charge in [0.15, 0.2) is 0 Å². The highest BCUT2D eigenvalue weighted by atomic mass is 16.2. The Labute approximate surface area is 113 Å². The summed E-state index contributed by atoms with van der Waals surface area (Å²) < 4.78 is 2.03. The van der Waals surface area contributed by atoms with Gasteiger partial charge in [-0.2, -0.15) is 0 Å². The molecule has 3 rings (SSSR count). The molecule has 0 spiro atoms. The van der Waals surface area contributed by atoms with Crippen LogP contribution in [0.15, 0.2) is 6.20 Å². The molecule has 5 heteroatoms. The van der Waals surface area contributed by atoms with Gasteiger partial charge in [0, 0.05) is 25.3 Å².